The molecule has 1 saturated carbocycles. The van der Waals surface area contributed by atoms with E-state index >= 15 is 0 Å². The Bertz CT molecular complexity index is 539. The van der Waals surface area contributed by atoms with Crippen LogP contribution in [0.25, 0.3) is 0 Å². The fourth-order valence-electron chi connectivity index (χ4n) is 2.41. The molecule has 19 heavy (non-hydrogen) atoms. The number of hydrogen-bond acceptors (Lipinski definition) is 2. The average molecular weight is 286 g/mol. The molecule has 2 N–H and O–H groups in total. The normalized spacial score (nSPS) is 23.8. The molecule has 1 fully saturated rings. The van der Waals surface area contributed by atoms with E-state index < -0.39 is 34.9 Å². The first-order chi connectivity index (χ1) is 8.76. The summed E-state index contributed by atoms with van der Waals surface area (Å²) in [4.78, 5) is 23.0. The fraction of sp³-hybridized carbons (Fsp3) is 0.385. The van der Waals surface area contributed by atoms with Gasteiger partial charge in [0.05, 0.1) is 22.5 Å². The van der Waals surface area contributed by atoms with Gasteiger partial charge in [0.15, 0.2) is 0 Å². The summed E-state index contributed by atoms with van der Waals surface area (Å²) < 4.78 is 13.5. The van der Waals surface area contributed by atoms with E-state index in [0.29, 0.717) is 0 Å². The lowest BCUT2D eigenvalue weighted by atomic mass is 10.1. The molecule has 1 amide bonds. The SMILES string of the molecule is CC1(C)[C@H](C(=O)O)[C@@H]1C(=O)Nc1c(F)cccc1Cl. The van der Waals surface area contributed by atoms with Crippen LogP contribution in [-0.4, -0.2) is 17.0 Å². The molecule has 0 heterocycles. The summed E-state index contributed by atoms with van der Waals surface area (Å²) in [6.45, 7) is 3.39. The van der Waals surface area contributed by atoms with Gasteiger partial charge in [-0.15, -0.1) is 0 Å². The predicted octanol–water partition coefficient (Wildman–Crippen LogP) is 2.77. The lowest BCUT2D eigenvalue weighted by molar-refractivity contribution is -0.140. The molecule has 0 radical (unpaired) electrons. The smallest absolute Gasteiger partial charge is 0.307 e. The Hall–Kier alpha value is -1.62. The Balaban J connectivity index is 2.18. The summed E-state index contributed by atoms with van der Waals surface area (Å²) in [5.41, 5.74) is -0.741. The van der Waals surface area contributed by atoms with E-state index in [9.17, 15) is 14.0 Å². The number of aliphatic carboxylic acids is 1. The van der Waals surface area contributed by atoms with Gasteiger partial charge in [-0.05, 0) is 17.5 Å². The Kier molecular flexibility index (Phi) is 3.26. The standard InChI is InChI=1S/C13H13ClFNO3/c1-13(2)8(9(13)12(18)19)11(17)16-10-6(14)4-3-5-7(10)15/h3-5,8-9H,1-2H3,(H,16,17)(H,18,19)/t8-,9+/m1/s1. The first-order valence-electron chi connectivity index (χ1n) is 5.74. The van der Waals surface area contributed by atoms with Gasteiger partial charge in [-0.1, -0.05) is 31.5 Å². The molecule has 1 aliphatic rings. The number of carboxylic acid groups (broad SMARTS) is 1. The molecule has 102 valence electrons. The first-order valence-corrected chi connectivity index (χ1v) is 6.12. The van der Waals surface area contributed by atoms with Crippen molar-refractivity contribution in [3.8, 4) is 0 Å². The Morgan fingerprint density at radius 2 is 2.00 bits per heavy atom. The molecule has 1 aromatic rings. The molecule has 1 aromatic carbocycles. The third kappa shape index (κ3) is 2.30. The van der Waals surface area contributed by atoms with Gasteiger partial charge in [0.25, 0.3) is 0 Å². The van der Waals surface area contributed by atoms with Crippen LogP contribution in [0, 0.1) is 23.1 Å². The molecule has 4 nitrogen and oxygen atoms in total. The van der Waals surface area contributed by atoms with E-state index in [-0.39, 0.29) is 10.7 Å². The number of benzene rings is 1. The maximum absolute atomic E-state index is 13.5. The Morgan fingerprint density at radius 3 is 2.47 bits per heavy atom. The maximum Gasteiger partial charge on any atom is 0.307 e. The monoisotopic (exact) mass is 285 g/mol. The predicted molar refractivity (Wildman–Crippen MR) is 68.4 cm³/mol. The number of para-hydroxylation sites is 1. The van der Waals surface area contributed by atoms with Gasteiger partial charge in [0, 0.05) is 0 Å². The first kappa shape index (κ1) is 13.8. The van der Waals surface area contributed by atoms with Crippen LogP contribution in [0.4, 0.5) is 10.1 Å². The highest BCUT2D eigenvalue weighted by Gasteiger charge is 2.65. The average Bonchev–Trinajstić information content (AvgIpc) is 2.87. The van der Waals surface area contributed by atoms with Crippen molar-refractivity contribution in [3.05, 3.63) is 29.0 Å². The van der Waals surface area contributed by atoms with Gasteiger partial charge in [0.1, 0.15) is 5.82 Å². The van der Waals surface area contributed by atoms with Crippen LogP contribution < -0.4 is 5.32 Å². The minimum atomic E-state index is -1.02. The van der Waals surface area contributed by atoms with E-state index in [4.69, 9.17) is 16.7 Å². The molecule has 2 rings (SSSR count). The summed E-state index contributed by atoms with van der Waals surface area (Å²) in [7, 11) is 0. The molecule has 0 unspecified atom stereocenters. The van der Waals surface area contributed by atoms with E-state index in [0.717, 1.165) is 0 Å². The van der Waals surface area contributed by atoms with Crippen molar-refractivity contribution >= 4 is 29.2 Å². The van der Waals surface area contributed by atoms with Crippen LogP contribution in [0.1, 0.15) is 13.8 Å². The van der Waals surface area contributed by atoms with Crippen LogP contribution in [0.2, 0.25) is 5.02 Å². The van der Waals surface area contributed by atoms with E-state index in [1.54, 1.807) is 13.8 Å². The number of rotatable bonds is 3. The molecule has 0 aliphatic heterocycles. The molecule has 0 spiro atoms. The molecule has 1 aliphatic carbocycles. The van der Waals surface area contributed by atoms with Crippen molar-refractivity contribution in [3.63, 3.8) is 0 Å². The number of carbonyl (C=O) groups is 2. The number of anilines is 1. The van der Waals surface area contributed by atoms with Crippen LogP contribution in [0.15, 0.2) is 18.2 Å². The van der Waals surface area contributed by atoms with Crippen LogP contribution in [-0.2, 0) is 9.59 Å². The minimum Gasteiger partial charge on any atom is -0.481 e. The lowest BCUT2D eigenvalue weighted by Crippen LogP contribution is -2.18. The van der Waals surface area contributed by atoms with Crippen LogP contribution in [0.3, 0.4) is 0 Å². The summed E-state index contributed by atoms with van der Waals surface area (Å²) in [5.74, 6) is -3.63. The lowest BCUT2D eigenvalue weighted by Gasteiger charge is -2.08. The molecular weight excluding hydrogens is 273 g/mol. The molecule has 6 heteroatoms. The van der Waals surface area contributed by atoms with E-state index in [1.165, 1.54) is 18.2 Å². The Labute approximate surface area is 114 Å². The third-order valence-corrected chi connectivity index (χ3v) is 3.90. The number of nitrogens with one attached hydrogen (secondary N) is 1. The van der Waals surface area contributed by atoms with Gasteiger partial charge in [0.2, 0.25) is 5.91 Å². The number of carboxylic acids is 1. The minimum absolute atomic E-state index is 0.0821. The number of hydrogen-bond donors (Lipinski definition) is 2. The highest BCUT2D eigenvalue weighted by atomic mass is 35.5. The van der Waals surface area contributed by atoms with Gasteiger partial charge in [-0.25, -0.2) is 4.39 Å². The second kappa shape index (κ2) is 4.49. The highest BCUT2D eigenvalue weighted by Crippen LogP contribution is 2.58. The van der Waals surface area contributed by atoms with Crippen LogP contribution in [0.5, 0.6) is 0 Å². The molecule has 0 saturated heterocycles. The van der Waals surface area contributed by atoms with Crippen molar-refractivity contribution in [2.75, 3.05) is 5.32 Å². The zero-order chi connectivity index (χ0) is 14.4. The Morgan fingerprint density at radius 1 is 1.37 bits per heavy atom. The van der Waals surface area contributed by atoms with Gasteiger partial charge in [-0.2, -0.15) is 0 Å². The van der Waals surface area contributed by atoms with Crippen molar-refractivity contribution < 1.29 is 19.1 Å². The van der Waals surface area contributed by atoms with Crippen LogP contribution >= 0.6 is 11.6 Å². The molecular formula is C13H13ClFNO3. The van der Waals surface area contributed by atoms with Gasteiger partial charge >= 0.3 is 5.97 Å². The molecule has 0 bridgehead atoms. The molecule has 0 aromatic heterocycles. The fourth-order valence-corrected chi connectivity index (χ4v) is 2.62. The number of carbonyl (C=O) groups excluding carboxylic acids is 1. The van der Waals surface area contributed by atoms with Crippen molar-refractivity contribution in [2.24, 2.45) is 17.3 Å². The second-order valence-electron chi connectivity index (χ2n) is 5.20. The third-order valence-electron chi connectivity index (χ3n) is 3.59. The zero-order valence-corrected chi connectivity index (χ0v) is 11.2. The second-order valence-corrected chi connectivity index (χ2v) is 5.61. The van der Waals surface area contributed by atoms with Crippen molar-refractivity contribution in [2.45, 2.75) is 13.8 Å². The van der Waals surface area contributed by atoms with Gasteiger partial charge < -0.3 is 10.4 Å². The van der Waals surface area contributed by atoms with E-state index in [2.05, 4.69) is 5.32 Å². The highest BCUT2D eigenvalue weighted by molar-refractivity contribution is 6.33. The van der Waals surface area contributed by atoms with Crippen molar-refractivity contribution in [1.29, 1.82) is 0 Å². The molecule has 2 atom stereocenters. The summed E-state index contributed by atoms with van der Waals surface area (Å²) in [6.07, 6.45) is 0. The van der Waals surface area contributed by atoms with E-state index in [1.807, 2.05) is 0 Å². The largest absolute Gasteiger partial charge is 0.481 e. The summed E-state index contributed by atoms with van der Waals surface area (Å²) >= 11 is 5.80. The van der Waals surface area contributed by atoms with Gasteiger partial charge in [-0.3, -0.25) is 9.59 Å². The summed E-state index contributed by atoms with van der Waals surface area (Å²) in [5, 5.41) is 11.5. The van der Waals surface area contributed by atoms with Crippen molar-refractivity contribution in [1.82, 2.24) is 0 Å². The number of halogens is 2. The quantitative estimate of drug-likeness (QED) is 0.897. The summed E-state index contributed by atoms with van der Waals surface area (Å²) in [6, 6.07) is 4.05. The maximum atomic E-state index is 13.5. The zero-order valence-electron chi connectivity index (χ0n) is 10.4. The number of amides is 1. The topological polar surface area (TPSA) is 66.4 Å².